The molecule has 2 aliphatic carbocycles. The second-order valence-electron chi connectivity index (χ2n) is 3.71. The minimum absolute atomic E-state index is 0.514. The molecule has 2 atom stereocenters. The molecule has 2 rings (SSSR count). The average Bonchev–Trinajstić information content (AvgIpc) is 2.85. The van der Waals surface area contributed by atoms with Crippen molar-refractivity contribution < 1.29 is 14.0 Å². The van der Waals surface area contributed by atoms with E-state index >= 15 is 0 Å². The van der Waals surface area contributed by atoms with Gasteiger partial charge in [0.2, 0.25) is 0 Å². The van der Waals surface area contributed by atoms with Crippen LogP contribution in [0, 0.1) is 11.8 Å². The number of fused-ring (bicyclic) bond motifs is 2. The number of hydrogen-bond donors (Lipinski definition) is 0. The Morgan fingerprint density at radius 1 is 0.929 bits per heavy atom. The smallest absolute Gasteiger partial charge is 0.389 e. The Morgan fingerprint density at radius 3 is 1.43 bits per heavy atom. The topological polar surface area (TPSA) is 27.7 Å². The number of allylic oxidation sites excluding steroid dienone is 2. The van der Waals surface area contributed by atoms with Gasteiger partial charge in [-0.25, -0.2) is 0 Å². The third-order valence-electron chi connectivity index (χ3n) is 2.75. The van der Waals surface area contributed by atoms with Crippen molar-refractivity contribution in [2.75, 3.05) is 21.3 Å². The predicted molar refractivity (Wildman–Crippen MR) is 56.8 cm³/mol. The summed E-state index contributed by atoms with van der Waals surface area (Å²) in [6, 6.07) is 0. The van der Waals surface area contributed by atoms with Crippen molar-refractivity contribution in [2.45, 2.75) is 19.3 Å². The fraction of sp³-hybridized carbons (Fsp3) is 0.800. The fourth-order valence-corrected chi connectivity index (χ4v) is 2.01. The summed E-state index contributed by atoms with van der Waals surface area (Å²) < 4.78 is 13.8. The summed E-state index contributed by atoms with van der Waals surface area (Å²) in [5, 5.41) is 0. The largest absolute Gasteiger partial charge is 0.638 e. The first-order valence-electron chi connectivity index (χ1n) is 5.06. The van der Waals surface area contributed by atoms with E-state index in [4.69, 9.17) is 0 Å². The Morgan fingerprint density at radius 2 is 1.36 bits per heavy atom. The molecule has 3 nitrogen and oxygen atoms in total. The summed E-state index contributed by atoms with van der Waals surface area (Å²) in [4.78, 5) is 0. The van der Waals surface area contributed by atoms with E-state index in [2.05, 4.69) is 26.1 Å². The minimum atomic E-state index is -0.514. The van der Waals surface area contributed by atoms with Gasteiger partial charge in [-0.05, 0) is 31.1 Å². The molecular weight excluding hydrogens is 179 g/mol. The molecule has 0 spiro atoms. The van der Waals surface area contributed by atoms with Gasteiger partial charge in [-0.15, -0.1) is 0 Å². The summed E-state index contributed by atoms with van der Waals surface area (Å²) in [5.41, 5.74) is 0. The highest BCUT2D eigenvalue weighted by Crippen LogP contribution is 2.38. The van der Waals surface area contributed by atoms with E-state index in [9.17, 15) is 0 Å². The second kappa shape index (κ2) is 6.22. The van der Waals surface area contributed by atoms with Crippen LogP contribution < -0.4 is 0 Å². The van der Waals surface area contributed by atoms with Gasteiger partial charge in [0.1, 0.15) is 0 Å². The van der Waals surface area contributed by atoms with E-state index in [1.807, 2.05) is 0 Å². The van der Waals surface area contributed by atoms with Crippen LogP contribution >= 0.6 is 0 Å². The standard InChI is InChI=1S/C7H10.C3H9BO3/c1-2-7-4-3-6(1)5-7;1-5-4(6-2)7-3/h1-2,6-7H,3-5H2;1-3H3. The van der Waals surface area contributed by atoms with Crippen molar-refractivity contribution in [3.05, 3.63) is 12.2 Å². The molecule has 4 heteroatoms. The number of hydrogen-bond acceptors (Lipinski definition) is 3. The van der Waals surface area contributed by atoms with Crippen LogP contribution in [0.5, 0.6) is 0 Å². The molecule has 2 bridgehead atoms. The zero-order valence-electron chi connectivity index (χ0n) is 9.23. The lowest BCUT2D eigenvalue weighted by Crippen LogP contribution is -2.21. The highest BCUT2D eigenvalue weighted by atomic mass is 16.7. The lowest BCUT2D eigenvalue weighted by atomic mass is 10.1. The van der Waals surface area contributed by atoms with E-state index in [-0.39, 0.29) is 0 Å². The molecule has 0 aliphatic heterocycles. The van der Waals surface area contributed by atoms with Gasteiger partial charge in [0.15, 0.2) is 0 Å². The third-order valence-corrected chi connectivity index (χ3v) is 2.75. The van der Waals surface area contributed by atoms with Crippen LogP contribution in [0.25, 0.3) is 0 Å². The van der Waals surface area contributed by atoms with Gasteiger partial charge in [-0.1, -0.05) is 12.2 Å². The average molecular weight is 198 g/mol. The van der Waals surface area contributed by atoms with Crippen molar-refractivity contribution in [1.29, 1.82) is 0 Å². The fourth-order valence-electron chi connectivity index (χ4n) is 2.01. The molecule has 1 fully saturated rings. The normalized spacial score (nSPS) is 27.4. The molecule has 0 radical (unpaired) electrons. The monoisotopic (exact) mass is 198 g/mol. The van der Waals surface area contributed by atoms with Crippen LogP contribution in [0.1, 0.15) is 19.3 Å². The number of rotatable bonds is 3. The molecule has 0 aromatic heterocycles. The maximum Gasteiger partial charge on any atom is 0.638 e. The molecular formula is C10H19BO3. The maximum absolute atomic E-state index is 4.60. The molecule has 2 aliphatic rings. The van der Waals surface area contributed by atoms with E-state index in [1.165, 1.54) is 40.6 Å². The van der Waals surface area contributed by atoms with Gasteiger partial charge in [0.25, 0.3) is 0 Å². The molecule has 0 aromatic carbocycles. The molecule has 0 aromatic rings. The summed E-state index contributed by atoms with van der Waals surface area (Å²) in [7, 11) is 4.02. The quantitative estimate of drug-likeness (QED) is 0.511. The molecule has 80 valence electrons. The van der Waals surface area contributed by atoms with Crippen molar-refractivity contribution in [3.63, 3.8) is 0 Å². The highest BCUT2D eigenvalue weighted by Gasteiger charge is 2.25. The Hall–Kier alpha value is -0.315. The van der Waals surface area contributed by atoms with Gasteiger partial charge in [-0.3, -0.25) is 0 Å². The summed E-state index contributed by atoms with van der Waals surface area (Å²) in [6.07, 6.45) is 9.19. The SMILES string of the molecule is C1=CC2CCC1C2.COB(OC)OC. The lowest BCUT2D eigenvalue weighted by Gasteiger charge is -2.01. The highest BCUT2D eigenvalue weighted by molar-refractivity contribution is 6.36. The Balaban J connectivity index is 0.000000140. The van der Waals surface area contributed by atoms with Crippen LogP contribution in [0.3, 0.4) is 0 Å². The van der Waals surface area contributed by atoms with Crippen LogP contribution in [0.15, 0.2) is 12.2 Å². The van der Waals surface area contributed by atoms with Gasteiger partial charge >= 0.3 is 7.32 Å². The van der Waals surface area contributed by atoms with Gasteiger partial charge in [0.05, 0.1) is 0 Å². The summed E-state index contributed by atoms with van der Waals surface area (Å²) >= 11 is 0. The first kappa shape index (κ1) is 11.8. The van der Waals surface area contributed by atoms with Crippen LogP contribution in [-0.2, 0) is 14.0 Å². The van der Waals surface area contributed by atoms with Gasteiger partial charge in [-0.2, -0.15) is 0 Å². The summed E-state index contributed by atoms with van der Waals surface area (Å²) in [5.74, 6) is 1.98. The van der Waals surface area contributed by atoms with E-state index < -0.39 is 7.32 Å². The molecule has 1 saturated carbocycles. The van der Waals surface area contributed by atoms with Crippen molar-refractivity contribution in [1.82, 2.24) is 0 Å². The lowest BCUT2D eigenvalue weighted by molar-refractivity contribution is 0.163. The Labute approximate surface area is 86.6 Å². The molecule has 2 unspecified atom stereocenters. The molecule has 0 saturated heterocycles. The predicted octanol–water partition coefficient (Wildman–Crippen LogP) is 1.88. The molecule has 0 amide bonds. The van der Waals surface area contributed by atoms with Gasteiger partial charge in [0, 0.05) is 21.3 Å². The first-order valence-corrected chi connectivity index (χ1v) is 5.06. The van der Waals surface area contributed by atoms with Crippen molar-refractivity contribution in [2.24, 2.45) is 11.8 Å². The van der Waals surface area contributed by atoms with E-state index in [1.54, 1.807) is 0 Å². The zero-order valence-corrected chi connectivity index (χ0v) is 9.23. The second-order valence-corrected chi connectivity index (χ2v) is 3.71. The molecule has 0 heterocycles. The Bertz CT molecular complexity index is 163. The Kier molecular flexibility index (Phi) is 5.23. The van der Waals surface area contributed by atoms with Crippen LogP contribution in [0.4, 0.5) is 0 Å². The summed E-state index contributed by atoms with van der Waals surface area (Å²) in [6.45, 7) is 0. The molecule has 0 N–H and O–H groups in total. The van der Waals surface area contributed by atoms with Crippen LogP contribution in [0.2, 0.25) is 0 Å². The zero-order chi connectivity index (χ0) is 10.4. The van der Waals surface area contributed by atoms with E-state index in [0.29, 0.717) is 0 Å². The maximum atomic E-state index is 4.60. The van der Waals surface area contributed by atoms with Crippen LogP contribution in [-0.4, -0.2) is 28.7 Å². The first-order chi connectivity index (χ1) is 6.80. The molecule has 14 heavy (non-hydrogen) atoms. The van der Waals surface area contributed by atoms with E-state index in [0.717, 1.165) is 11.8 Å². The third kappa shape index (κ3) is 3.44. The minimum Gasteiger partial charge on any atom is -0.389 e. The van der Waals surface area contributed by atoms with Crippen molar-refractivity contribution >= 4 is 7.32 Å². The van der Waals surface area contributed by atoms with Crippen molar-refractivity contribution in [3.8, 4) is 0 Å². The van der Waals surface area contributed by atoms with Gasteiger partial charge < -0.3 is 14.0 Å².